The highest BCUT2D eigenvalue weighted by Crippen LogP contribution is 2.23. The molecule has 5 aromatic rings. The maximum absolute atomic E-state index is 5.96. The number of oxazole rings is 1. The van der Waals surface area contributed by atoms with Crippen molar-refractivity contribution in [2.24, 2.45) is 0 Å². The molecule has 5 heteroatoms. The smallest absolute Gasteiger partial charge is 0.226 e. The first-order chi connectivity index (χ1) is 18.7. The summed E-state index contributed by atoms with van der Waals surface area (Å²) >= 11 is 0. The molecule has 4 aromatic carbocycles. The summed E-state index contributed by atoms with van der Waals surface area (Å²) in [6, 6.07) is 36.3. The van der Waals surface area contributed by atoms with Gasteiger partial charge < -0.3 is 19.2 Å². The van der Waals surface area contributed by atoms with Crippen LogP contribution in [-0.4, -0.2) is 18.1 Å². The van der Waals surface area contributed by atoms with Gasteiger partial charge in [0.2, 0.25) is 5.89 Å². The normalized spacial score (nSPS) is 10.9. The van der Waals surface area contributed by atoms with Crippen LogP contribution >= 0.6 is 0 Å². The third kappa shape index (κ3) is 7.11. The van der Waals surface area contributed by atoms with Crippen molar-refractivity contribution in [2.45, 2.75) is 26.3 Å². The number of nitrogens with zero attached hydrogens (tertiary/aromatic N) is 1. The number of benzene rings is 4. The highest BCUT2D eigenvalue weighted by atomic mass is 16.5. The van der Waals surface area contributed by atoms with Crippen molar-refractivity contribution in [3.05, 3.63) is 132 Å². The first kappa shape index (κ1) is 25.3. The lowest BCUT2D eigenvalue weighted by molar-refractivity contribution is 0.320. The fourth-order valence-electron chi connectivity index (χ4n) is 4.15. The number of ether oxygens (including phenoxy) is 2. The van der Waals surface area contributed by atoms with Gasteiger partial charge in [0, 0.05) is 18.5 Å². The zero-order valence-electron chi connectivity index (χ0n) is 21.6. The molecular formula is C33H32N2O3. The minimum atomic E-state index is 0.553. The molecule has 0 saturated heterocycles. The molecule has 0 spiro atoms. The molecule has 1 N–H and O–H groups in total. The molecule has 0 unspecified atom stereocenters. The van der Waals surface area contributed by atoms with E-state index in [-0.39, 0.29) is 0 Å². The molecule has 0 aliphatic heterocycles. The zero-order chi connectivity index (χ0) is 26.0. The molecule has 192 valence electrons. The van der Waals surface area contributed by atoms with E-state index in [1.54, 1.807) is 0 Å². The van der Waals surface area contributed by atoms with Crippen molar-refractivity contribution < 1.29 is 13.9 Å². The van der Waals surface area contributed by atoms with Gasteiger partial charge in [0.25, 0.3) is 0 Å². The van der Waals surface area contributed by atoms with Crippen molar-refractivity contribution in [3.8, 4) is 28.7 Å². The number of hydrogen-bond donors (Lipinski definition) is 1. The van der Waals surface area contributed by atoms with E-state index in [0.29, 0.717) is 18.9 Å². The van der Waals surface area contributed by atoms with Crippen molar-refractivity contribution in [3.63, 3.8) is 0 Å². The van der Waals surface area contributed by atoms with Crippen molar-refractivity contribution in [1.82, 2.24) is 10.3 Å². The lowest BCUT2D eigenvalue weighted by Gasteiger charge is -2.09. The molecule has 5 nitrogen and oxygen atoms in total. The maximum atomic E-state index is 5.96. The van der Waals surface area contributed by atoms with Gasteiger partial charge in [-0.2, -0.15) is 0 Å². The quantitative estimate of drug-likeness (QED) is 0.179. The molecule has 5 rings (SSSR count). The van der Waals surface area contributed by atoms with E-state index >= 15 is 0 Å². The Balaban J connectivity index is 1.01. The van der Waals surface area contributed by atoms with Crippen LogP contribution in [0.5, 0.6) is 17.2 Å². The molecule has 0 fully saturated rings. The van der Waals surface area contributed by atoms with Crippen LogP contribution in [0.15, 0.2) is 114 Å². The summed E-state index contributed by atoms with van der Waals surface area (Å²) in [5.41, 5.74) is 4.42. The molecule has 0 radical (unpaired) electrons. The first-order valence-electron chi connectivity index (χ1n) is 13.0. The number of aryl methyl sites for hydroxylation is 1. The van der Waals surface area contributed by atoms with Crippen LogP contribution in [0.2, 0.25) is 0 Å². The molecular weight excluding hydrogens is 472 g/mol. The predicted octanol–water partition coefficient (Wildman–Crippen LogP) is 7.40. The third-order valence-electron chi connectivity index (χ3n) is 6.27. The van der Waals surface area contributed by atoms with E-state index in [0.717, 1.165) is 53.8 Å². The Morgan fingerprint density at radius 2 is 1.32 bits per heavy atom. The summed E-state index contributed by atoms with van der Waals surface area (Å²) in [7, 11) is 0. The van der Waals surface area contributed by atoms with E-state index < -0.39 is 0 Å². The Morgan fingerprint density at radius 1 is 0.684 bits per heavy atom. The van der Waals surface area contributed by atoms with Crippen LogP contribution in [0.4, 0.5) is 0 Å². The number of nitrogens with one attached hydrogen (secondary N) is 1. The SMILES string of the molecule is Cc1oc(-c2ccccc2)nc1CCOc1ccc(CCNCc2ccc(Oc3ccccc3)cc2)cc1. The number of para-hydroxylation sites is 1. The van der Waals surface area contributed by atoms with Crippen molar-refractivity contribution in [1.29, 1.82) is 0 Å². The van der Waals surface area contributed by atoms with Gasteiger partial charge in [-0.15, -0.1) is 0 Å². The molecule has 0 aliphatic rings. The van der Waals surface area contributed by atoms with Crippen molar-refractivity contribution >= 4 is 0 Å². The van der Waals surface area contributed by atoms with Gasteiger partial charge in [0.1, 0.15) is 23.0 Å². The van der Waals surface area contributed by atoms with Gasteiger partial charge in [-0.3, -0.25) is 0 Å². The van der Waals surface area contributed by atoms with Crippen LogP contribution in [0.1, 0.15) is 22.6 Å². The molecule has 0 amide bonds. The highest BCUT2D eigenvalue weighted by molar-refractivity contribution is 5.53. The van der Waals surface area contributed by atoms with Crippen LogP contribution in [-0.2, 0) is 19.4 Å². The van der Waals surface area contributed by atoms with Crippen LogP contribution in [0.3, 0.4) is 0 Å². The standard InChI is InChI=1S/C33H32N2O3/c1-25-32(35-33(37-25)28-8-4-2-5-9-28)21-23-36-29-16-12-26(13-17-29)20-22-34-24-27-14-18-31(19-15-27)38-30-10-6-3-7-11-30/h2-19,34H,20-24H2,1H3. The molecule has 0 aliphatic carbocycles. The second-order valence-corrected chi connectivity index (χ2v) is 9.12. The summed E-state index contributed by atoms with van der Waals surface area (Å²) in [5, 5.41) is 3.52. The van der Waals surface area contributed by atoms with Crippen LogP contribution in [0, 0.1) is 6.92 Å². The summed E-state index contributed by atoms with van der Waals surface area (Å²) in [4.78, 5) is 4.65. The van der Waals surface area contributed by atoms with E-state index in [9.17, 15) is 0 Å². The summed E-state index contributed by atoms with van der Waals surface area (Å²) < 4.78 is 17.7. The lowest BCUT2D eigenvalue weighted by atomic mass is 10.1. The zero-order valence-corrected chi connectivity index (χ0v) is 21.6. The molecule has 1 heterocycles. The number of hydrogen-bond acceptors (Lipinski definition) is 5. The fourth-order valence-corrected chi connectivity index (χ4v) is 4.15. The number of aromatic nitrogens is 1. The highest BCUT2D eigenvalue weighted by Gasteiger charge is 2.11. The Bertz CT molecular complexity index is 1400. The van der Waals surface area contributed by atoms with Gasteiger partial charge >= 0.3 is 0 Å². The van der Waals surface area contributed by atoms with E-state index in [1.165, 1.54) is 11.1 Å². The Kier molecular flexibility index (Phi) is 8.49. The number of rotatable bonds is 12. The Hall–Kier alpha value is -4.35. The van der Waals surface area contributed by atoms with Crippen LogP contribution < -0.4 is 14.8 Å². The monoisotopic (exact) mass is 504 g/mol. The molecule has 38 heavy (non-hydrogen) atoms. The average Bonchev–Trinajstić information content (AvgIpc) is 3.34. The predicted molar refractivity (Wildman–Crippen MR) is 151 cm³/mol. The largest absolute Gasteiger partial charge is 0.493 e. The summed E-state index contributed by atoms with van der Waals surface area (Å²) in [5.74, 6) is 4.05. The molecule has 0 saturated carbocycles. The summed E-state index contributed by atoms with van der Waals surface area (Å²) in [6.07, 6.45) is 1.66. The van der Waals surface area contributed by atoms with Gasteiger partial charge in [-0.05, 0) is 79.5 Å². The summed E-state index contributed by atoms with van der Waals surface area (Å²) in [6.45, 7) is 4.22. The van der Waals surface area contributed by atoms with Crippen LogP contribution in [0.25, 0.3) is 11.5 Å². The fraction of sp³-hybridized carbons (Fsp3) is 0.182. The van der Waals surface area contributed by atoms with Gasteiger partial charge in [0.05, 0.1) is 12.3 Å². The Morgan fingerprint density at radius 3 is 2.05 bits per heavy atom. The van der Waals surface area contributed by atoms with Crippen molar-refractivity contribution in [2.75, 3.05) is 13.2 Å². The third-order valence-corrected chi connectivity index (χ3v) is 6.27. The maximum Gasteiger partial charge on any atom is 0.226 e. The van der Waals surface area contributed by atoms with Gasteiger partial charge in [-0.25, -0.2) is 4.98 Å². The molecule has 1 aromatic heterocycles. The Labute approximate surface area is 224 Å². The first-order valence-corrected chi connectivity index (χ1v) is 13.0. The molecule has 0 atom stereocenters. The minimum Gasteiger partial charge on any atom is -0.493 e. The minimum absolute atomic E-state index is 0.553. The van der Waals surface area contributed by atoms with Gasteiger partial charge in [0.15, 0.2) is 0 Å². The van der Waals surface area contributed by atoms with Gasteiger partial charge in [-0.1, -0.05) is 60.7 Å². The topological polar surface area (TPSA) is 56.5 Å². The van der Waals surface area contributed by atoms with E-state index in [2.05, 4.69) is 34.6 Å². The average molecular weight is 505 g/mol. The molecule has 0 bridgehead atoms. The lowest BCUT2D eigenvalue weighted by Crippen LogP contribution is -2.16. The second-order valence-electron chi connectivity index (χ2n) is 9.12. The van der Waals surface area contributed by atoms with E-state index in [1.807, 2.05) is 91.9 Å². The van der Waals surface area contributed by atoms with E-state index in [4.69, 9.17) is 13.9 Å². The second kappa shape index (κ2) is 12.7.